The highest BCUT2D eigenvalue weighted by Crippen LogP contribution is 2.38. The number of aromatic carboxylic acids is 1. The Kier molecular flexibility index (Phi) is 2.26. The summed E-state index contributed by atoms with van der Waals surface area (Å²) in [7, 11) is 1.51. The predicted octanol–water partition coefficient (Wildman–Crippen LogP) is 1.72. The summed E-state index contributed by atoms with van der Waals surface area (Å²) >= 11 is 0. The Morgan fingerprint density at radius 1 is 1.60 bits per heavy atom. The molecule has 0 spiro atoms. The SMILES string of the molecule is COc1cc(C(=O)O)cc2c1OC(C)C2. The largest absolute Gasteiger partial charge is 0.493 e. The molecule has 0 aromatic heterocycles. The van der Waals surface area contributed by atoms with Crippen LogP contribution < -0.4 is 9.47 Å². The smallest absolute Gasteiger partial charge is 0.335 e. The van der Waals surface area contributed by atoms with Gasteiger partial charge in [-0.2, -0.15) is 0 Å². The molecule has 0 saturated heterocycles. The number of fused-ring (bicyclic) bond motifs is 1. The van der Waals surface area contributed by atoms with E-state index in [0.29, 0.717) is 11.5 Å². The number of carboxylic acid groups (broad SMARTS) is 1. The van der Waals surface area contributed by atoms with Gasteiger partial charge in [-0.05, 0) is 19.1 Å². The van der Waals surface area contributed by atoms with E-state index in [1.807, 2.05) is 6.92 Å². The lowest BCUT2D eigenvalue weighted by molar-refractivity contribution is 0.0696. The van der Waals surface area contributed by atoms with E-state index in [-0.39, 0.29) is 11.7 Å². The van der Waals surface area contributed by atoms with Gasteiger partial charge < -0.3 is 14.6 Å². The Labute approximate surface area is 87.4 Å². The van der Waals surface area contributed by atoms with Crippen LogP contribution in [-0.4, -0.2) is 24.3 Å². The minimum atomic E-state index is -0.948. The molecule has 1 aliphatic rings. The minimum Gasteiger partial charge on any atom is -0.493 e. The van der Waals surface area contributed by atoms with Crippen molar-refractivity contribution in [1.82, 2.24) is 0 Å². The lowest BCUT2D eigenvalue weighted by atomic mass is 10.1. The van der Waals surface area contributed by atoms with Gasteiger partial charge in [0.15, 0.2) is 11.5 Å². The number of hydrogen-bond donors (Lipinski definition) is 1. The number of rotatable bonds is 2. The summed E-state index contributed by atoms with van der Waals surface area (Å²) in [5.74, 6) is 0.222. The van der Waals surface area contributed by atoms with Crippen molar-refractivity contribution in [2.75, 3.05) is 7.11 Å². The molecule has 1 atom stereocenters. The number of methoxy groups -OCH3 is 1. The molecule has 1 heterocycles. The molecule has 1 aromatic rings. The van der Waals surface area contributed by atoms with Crippen molar-refractivity contribution >= 4 is 5.97 Å². The van der Waals surface area contributed by atoms with E-state index >= 15 is 0 Å². The van der Waals surface area contributed by atoms with E-state index in [1.54, 1.807) is 6.07 Å². The molecule has 1 unspecified atom stereocenters. The lowest BCUT2D eigenvalue weighted by Crippen LogP contribution is -2.05. The number of hydrogen-bond acceptors (Lipinski definition) is 3. The molecule has 0 amide bonds. The van der Waals surface area contributed by atoms with E-state index in [2.05, 4.69) is 0 Å². The normalized spacial score (nSPS) is 18.1. The van der Waals surface area contributed by atoms with Crippen LogP contribution in [0.1, 0.15) is 22.8 Å². The summed E-state index contributed by atoms with van der Waals surface area (Å²) < 4.78 is 10.7. The van der Waals surface area contributed by atoms with Gasteiger partial charge in [-0.25, -0.2) is 4.79 Å². The first-order valence-corrected chi connectivity index (χ1v) is 4.72. The highest BCUT2D eigenvalue weighted by Gasteiger charge is 2.24. The average molecular weight is 208 g/mol. The molecule has 80 valence electrons. The van der Waals surface area contributed by atoms with E-state index in [0.717, 1.165) is 12.0 Å². The Morgan fingerprint density at radius 3 is 2.93 bits per heavy atom. The molecule has 0 saturated carbocycles. The lowest BCUT2D eigenvalue weighted by Gasteiger charge is -2.08. The second-order valence-electron chi connectivity index (χ2n) is 3.60. The first kappa shape index (κ1) is 9.83. The zero-order chi connectivity index (χ0) is 11.0. The highest BCUT2D eigenvalue weighted by atomic mass is 16.5. The van der Waals surface area contributed by atoms with Crippen LogP contribution in [0, 0.1) is 0 Å². The topological polar surface area (TPSA) is 55.8 Å². The van der Waals surface area contributed by atoms with Crippen LogP contribution in [-0.2, 0) is 6.42 Å². The third kappa shape index (κ3) is 1.63. The molecular formula is C11H12O4. The third-order valence-electron chi connectivity index (χ3n) is 2.43. The van der Waals surface area contributed by atoms with Crippen molar-refractivity contribution in [3.05, 3.63) is 23.3 Å². The summed E-state index contributed by atoms with van der Waals surface area (Å²) in [5.41, 5.74) is 1.14. The number of carbonyl (C=O) groups is 1. The van der Waals surface area contributed by atoms with Gasteiger partial charge in [-0.1, -0.05) is 0 Å². The molecule has 0 radical (unpaired) electrons. The molecule has 1 aliphatic heterocycles. The fourth-order valence-corrected chi connectivity index (χ4v) is 1.77. The standard InChI is InChI=1S/C11H12O4/c1-6-3-7-4-8(11(12)13)5-9(14-2)10(7)15-6/h4-6H,3H2,1-2H3,(H,12,13). The summed E-state index contributed by atoms with van der Waals surface area (Å²) in [4.78, 5) is 10.9. The first-order valence-electron chi connectivity index (χ1n) is 4.72. The van der Waals surface area contributed by atoms with Gasteiger partial charge in [-0.15, -0.1) is 0 Å². The maximum atomic E-state index is 10.9. The molecule has 1 aromatic carbocycles. The summed E-state index contributed by atoms with van der Waals surface area (Å²) in [6.07, 6.45) is 0.810. The molecular weight excluding hydrogens is 196 g/mol. The fraction of sp³-hybridized carbons (Fsp3) is 0.364. The van der Waals surface area contributed by atoms with Crippen LogP contribution in [0.4, 0.5) is 0 Å². The van der Waals surface area contributed by atoms with Crippen LogP contribution in [0.15, 0.2) is 12.1 Å². The van der Waals surface area contributed by atoms with Crippen LogP contribution in [0.25, 0.3) is 0 Å². The van der Waals surface area contributed by atoms with Gasteiger partial charge in [0.25, 0.3) is 0 Å². The van der Waals surface area contributed by atoms with Crippen molar-refractivity contribution < 1.29 is 19.4 Å². The molecule has 0 bridgehead atoms. The molecule has 4 heteroatoms. The van der Waals surface area contributed by atoms with Crippen molar-refractivity contribution in [3.8, 4) is 11.5 Å². The zero-order valence-electron chi connectivity index (χ0n) is 8.61. The Morgan fingerprint density at radius 2 is 2.33 bits per heavy atom. The van der Waals surface area contributed by atoms with Crippen LogP contribution in [0.3, 0.4) is 0 Å². The second-order valence-corrected chi connectivity index (χ2v) is 3.60. The molecule has 4 nitrogen and oxygen atoms in total. The number of benzene rings is 1. The van der Waals surface area contributed by atoms with Crippen LogP contribution >= 0.6 is 0 Å². The molecule has 15 heavy (non-hydrogen) atoms. The van der Waals surface area contributed by atoms with Gasteiger partial charge in [0.1, 0.15) is 6.10 Å². The van der Waals surface area contributed by atoms with Crippen molar-refractivity contribution in [3.63, 3.8) is 0 Å². The molecule has 0 aliphatic carbocycles. The number of carboxylic acids is 1. The quantitative estimate of drug-likeness (QED) is 0.803. The van der Waals surface area contributed by atoms with Crippen molar-refractivity contribution in [1.29, 1.82) is 0 Å². The Hall–Kier alpha value is -1.71. The Balaban J connectivity index is 2.52. The van der Waals surface area contributed by atoms with Gasteiger partial charge in [0, 0.05) is 12.0 Å². The summed E-state index contributed by atoms with van der Waals surface area (Å²) in [5, 5.41) is 8.91. The Bertz CT molecular complexity index is 411. The van der Waals surface area contributed by atoms with Crippen molar-refractivity contribution in [2.24, 2.45) is 0 Å². The van der Waals surface area contributed by atoms with Gasteiger partial charge in [0.05, 0.1) is 12.7 Å². The molecule has 1 N–H and O–H groups in total. The van der Waals surface area contributed by atoms with Gasteiger partial charge in [0.2, 0.25) is 0 Å². The average Bonchev–Trinajstić information content (AvgIpc) is 2.56. The van der Waals surface area contributed by atoms with E-state index in [9.17, 15) is 4.79 Å². The third-order valence-corrected chi connectivity index (χ3v) is 2.43. The highest BCUT2D eigenvalue weighted by molar-refractivity contribution is 5.89. The van der Waals surface area contributed by atoms with Gasteiger partial charge in [-0.3, -0.25) is 0 Å². The van der Waals surface area contributed by atoms with Crippen LogP contribution in [0.5, 0.6) is 11.5 Å². The molecule has 2 rings (SSSR count). The summed E-state index contributed by atoms with van der Waals surface area (Å²) in [6, 6.07) is 3.13. The van der Waals surface area contributed by atoms with E-state index in [1.165, 1.54) is 13.2 Å². The van der Waals surface area contributed by atoms with Gasteiger partial charge >= 0.3 is 5.97 Å². The second kappa shape index (κ2) is 3.46. The van der Waals surface area contributed by atoms with Crippen molar-refractivity contribution in [2.45, 2.75) is 19.4 Å². The minimum absolute atomic E-state index is 0.0814. The fourth-order valence-electron chi connectivity index (χ4n) is 1.77. The van der Waals surface area contributed by atoms with E-state index < -0.39 is 5.97 Å². The summed E-state index contributed by atoms with van der Waals surface area (Å²) in [6.45, 7) is 1.94. The predicted molar refractivity (Wildman–Crippen MR) is 53.7 cm³/mol. The molecule has 0 fully saturated rings. The number of ether oxygens (including phenoxy) is 2. The maximum absolute atomic E-state index is 10.9. The van der Waals surface area contributed by atoms with Crippen LogP contribution in [0.2, 0.25) is 0 Å². The maximum Gasteiger partial charge on any atom is 0.335 e. The van der Waals surface area contributed by atoms with E-state index in [4.69, 9.17) is 14.6 Å². The zero-order valence-corrected chi connectivity index (χ0v) is 8.61. The first-order chi connectivity index (χ1) is 7.11. The monoisotopic (exact) mass is 208 g/mol.